The van der Waals surface area contributed by atoms with Crippen LogP contribution >= 0.6 is 11.6 Å². The fourth-order valence-electron chi connectivity index (χ4n) is 3.16. The minimum Gasteiger partial charge on any atom is -0.493 e. The smallest absolute Gasteiger partial charge is 0.328 e. The number of hydrogen-bond acceptors (Lipinski definition) is 6. The van der Waals surface area contributed by atoms with Gasteiger partial charge in [-0.05, 0) is 55.4 Å². The largest absolute Gasteiger partial charge is 0.493 e. The maximum absolute atomic E-state index is 9.55. The molecule has 0 bridgehead atoms. The van der Waals surface area contributed by atoms with E-state index in [2.05, 4.69) is 18.0 Å². The summed E-state index contributed by atoms with van der Waals surface area (Å²) in [5, 5.41) is 16.3. The zero-order valence-electron chi connectivity index (χ0n) is 18.1. The molecule has 2 aromatic rings. The molecule has 0 aromatic heterocycles. The van der Waals surface area contributed by atoms with E-state index in [0.717, 1.165) is 42.3 Å². The Morgan fingerprint density at radius 2 is 1.59 bits per heavy atom. The lowest BCUT2D eigenvalue weighted by Gasteiger charge is -2.23. The zero-order valence-corrected chi connectivity index (χ0v) is 18.8. The number of halogens is 1. The molecule has 1 atom stereocenters. The second-order valence-corrected chi connectivity index (χ2v) is 7.42. The van der Waals surface area contributed by atoms with Gasteiger partial charge in [-0.25, -0.2) is 9.59 Å². The van der Waals surface area contributed by atoms with Crippen LogP contribution in [-0.2, 0) is 16.0 Å². The molecule has 8 nitrogen and oxygen atoms in total. The summed E-state index contributed by atoms with van der Waals surface area (Å²) < 4.78 is 17.2. The Bertz CT molecular complexity index is 944. The molecular formula is C23H26ClNO7. The monoisotopic (exact) mass is 463 g/mol. The summed E-state index contributed by atoms with van der Waals surface area (Å²) in [6.45, 7) is 1.79. The van der Waals surface area contributed by atoms with E-state index in [1.807, 2.05) is 30.3 Å². The van der Waals surface area contributed by atoms with Crippen LogP contribution in [0.1, 0.15) is 17.2 Å². The number of carbonyl (C=O) groups is 2. The van der Waals surface area contributed by atoms with Gasteiger partial charge in [-0.1, -0.05) is 11.6 Å². The minimum absolute atomic E-state index is 0.0755. The van der Waals surface area contributed by atoms with Gasteiger partial charge in [0, 0.05) is 35.8 Å². The Hall–Kier alpha value is -3.23. The first-order valence-corrected chi connectivity index (χ1v) is 10.1. The van der Waals surface area contributed by atoms with Crippen LogP contribution < -0.4 is 14.2 Å². The molecule has 1 heterocycles. The number of nitrogens with zero attached hydrogens (tertiary/aromatic N) is 1. The summed E-state index contributed by atoms with van der Waals surface area (Å²) in [7, 11) is 5.43. The van der Waals surface area contributed by atoms with Crippen molar-refractivity contribution in [1.82, 2.24) is 4.90 Å². The van der Waals surface area contributed by atoms with Gasteiger partial charge in [-0.15, -0.1) is 0 Å². The molecule has 0 aliphatic carbocycles. The van der Waals surface area contributed by atoms with Gasteiger partial charge in [0.05, 0.1) is 14.2 Å². The minimum atomic E-state index is -1.26. The van der Waals surface area contributed by atoms with Crippen molar-refractivity contribution >= 4 is 23.5 Å². The number of ether oxygens (including phenoxy) is 3. The molecule has 0 amide bonds. The number of rotatable bonds is 6. The molecule has 0 radical (unpaired) electrons. The Balaban J connectivity index is 0.000000390. The van der Waals surface area contributed by atoms with Crippen LogP contribution in [-0.4, -0.2) is 61.4 Å². The van der Waals surface area contributed by atoms with E-state index in [9.17, 15) is 9.59 Å². The first-order valence-electron chi connectivity index (χ1n) is 9.73. The van der Waals surface area contributed by atoms with Crippen LogP contribution in [0.25, 0.3) is 0 Å². The van der Waals surface area contributed by atoms with Crippen LogP contribution in [0.3, 0.4) is 0 Å². The van der Waals surface area contributed by atoms with E-state index >= 15 is 0 Å². The molecule has 0 spiro atoms. The number of carboxylic acids is 2. The third-order valence-corrected chi connectivity index (χ3v) is 4.95. The third-order valence-electron chi connectivity index (χ3n) is 4.69. The van der Waals surface area contributed by atoms with Crippen molar-refractivity contribution in [1.29, 1.82) is 0 Å². The van der Waals surface area contributed by atoms with Crippen molar-refractivity contribution in [3.05, 3.63) is 64.7 Å². The Labute approximate surface area is 191 Å². The summed E-state index contributed by atoms with van der Waals surface area (Å²) >= 11 is 5.96. The van der Waals surface area contributed by atoms with Crippen LogP contribution in [0.2, 0.25) is 5.02 Å². The van der Waals surface area contributed by atoms with Crippen LogP contribution in [0.4, 0.5) is 0 Å². The summed E-state index contributed by atoms with van der Waals surface area (Å²) in [5.74, 6) is -0.225. The maximum atomic E-state index is 9.55. The number of aliphatic carboxylic acids is 2. The highest BCUT2D eigenvalue weighted by atomic mass is 35.5. The molecule has 9 heteroatoms. The Kier molecular flexibility index (Phi) is 9.37. The standard InChI is InChI=1S/C19H22ClNO3.C4H4O4/c1-21-9-8-13-10-17(22-2)18(23-3)11-16(13)19(12-21)24-15-6-4-14(20)5-7-15;5-3(6)1-2-4(7)8/h4-7,10-11,19H,8-9,12H2,1-3H3;1-2H,(H,5,6)(H,7,8)/b;2-1-. The van der Waals surface area contributed by atoms with E-state index < -0.39 is 11.9 Å². The second-order valence-electron chi connectivity index (χ2n) is 6.99. The van der Waals surface area contributed by atoms with Gasteiger partial charge >= 0.3 is 11.9 Å². The lowest BCUT2D eigenvalue weighted by Crippen LogP contribution is -2.26. The SMILES string of the molecule is COc1cc2c(cc1OC)C(Oc1ccc(Cl)cc1)CN(C)CC2.O=C(O)/C=C\C(=O)O. The fraction of sp³-hybridized carbons (Fsp3) is 0.304. The molecule has 0 saturated heterocycles. The molecule has 1 unspecified atom stereocenters. The number of hydrogen-bond donors (Lipinski definition) is 2. The lowest BCUT2D eigenvalue weighted by molar-refractivity contribution is -0.134. The highest BCUT2D eigenvalue weighted by molar-refractivity contribution is 6.30. The first kappa shape index (κ1) is 25.0. The van der Waals surface area contributed by atoms with Crippen molar-refractivity contribution in [3.8, 4) is 17.2 Å². The average molecular weight is 464 g/mol. The van der Waals surface area contributed by atoms with E-state index in [4.69, 9.17) is 36.0 Å². The number of fused-ring (bicyclic) bond motifs is 1. The van der Waals surface area contributed by atoms with Gasteiger partial charge in [0.15, 0.2) is 11.5 Å². The molecule has 0 saturated carbocycles. The summed E-state index contributed by atoms with van der Waals surface area (Å²) in [6, 6.07) is 11.6. The van der Waals surface area contributed by atoms with Crippen molar-refractivity contribution < 1.29 is 34.0 Å². The van der Waals surface area contributed by atoms with Crippen molar-refractivity contribution in [2.45, 2.75) is 12.5 Å². The van der Waals surface area contributed by atoms with E-state index in [1.54, 1.807) is 14.2 Å². The Morgan fingerprint density at radius 1 is 1.03 bits per heavy atom. The van der Waals surface area contributed by atoms with Crippen LogP contribution in [0.5, 0.6) is 17.2 Å². The normalized spacial score (nSPS) is 15.7. The number of carboxylic acid groups (broad SMARTS) is 2. The molecule has 1 aliphatic rings. The highest BCUT2D eigenvalue weighted by Gasteiger charge is 2.25. The van der Waals surface area contributed by atoms with Crippen molar-refractivity contribution in [3.63, 3.8) is 0 Å². The van der Waals surface area contributed by atoms with Gasteiger partial charge < -0.3 is 29.3 Å². The number of benzene rings is 2. The molecule has 32 heavy (non-hydrogen) atoms. The predicted octanol–water partition coefficient (Wildman–Crippen LogP) is 3.68. The molecule has 1 aliphatic heterocycles. The van der Waals surface area contributed by atoms with Gasteiger partial charge in [0.25, 0.3) is 0 Å². The fourth-order valence-corrected chi connectivity index (χ4v) is 3.28. The quantitative estimate of drug-likeness (QED) is 0.625. The summed E-state index contributed by atoms with van der Waals surface area (Å²) in [5.41, 5.74) is 2.38. The maximum Gasteiger partial charge on any atom is 0.328 e. The molecule has 2 aromatic carbocycles. The molecule has 3 rings (SSSR count). The molecule has 0 fully saturated rings. The topological polar surface area (TPSA) is 106 Å². The summed E-state index contributed by atoms with van der Waals surface area (Å²) in [4.78, 5) is 21.4. The number of methoxy groups -OCH3 is 2. The predicted molar refractivity (Wildman–Crippen MR) is 120 cm³/mol. The van der Waals surface area contributed by atoms with Crippen LogP contribution in [0.15, 0.2) is 48.6 Å². The van der Waals surface area contributed by atoms with E-state index in [1.165, 1.54) is 5.56 Å². The molecule has 2 N–H and O–H groups in total. The highest BCUT2D eigenvalue weighted by Crippen LogP contribution is 2.37. The van der Waals surface area contributed by atoms with Gasteiger partial charge in [0.2, 0.25) is 0 Å². The molecule has 172 valence electrons. The second kappa shape index (κ2) is 12.0. The van der Waals surface area contributed by atoms with Gasteiger partial charge in [-0.3, -0.25) is 0 Å². The van der Waals surface area contributed by atoms with Crippen molar-refractivity contribution in [2.75, 3.05) is 34.4 Å². The van der Waals surface area contributed by atoms with Crippen molar-refractivity contribution in [2.24, 2.45) is 0 Å². The summed E-state index contributed by atoms with van der Waals surface area (Å²) in [6.07, 6.45) is 1.99. The average Bonchev–Trinajstić information content (AvgIpc) is 2.91. The first-order chi connectivity index (χ1) is 15.2. The molecular weight excluding hydrogens is 438 g/mol. The van der Waals surface area contributed by atoms with Gasteiger partial charge in [0.1, 0.15) is 11.9 Å². The van der Waals surface area contributed by atoms with Crippen LogP contribution in [0, 0.1) is 0 Å². The van der Waals surface area contributed by atoms with E-state index in [-0.39, 0.29) is 6.10 Å². The third kappa shape index (κ3) is 7.47. The Morgan fingerprint density at radius 3 is 2.12 bits per heavy atom. The lowest BCUT2D eigenvalue weighted by atomic mass is 10.00. The number of likely N-dealkylation sites (N-methyl/N-ethyl adjacent to an activating group) is 1. The van der Waals surface area contributed by atoms with Gasteiger partial charge in [-0.2, -0.15) is 0 Å². The van der Waals surface area contributed by atoms with E-state index in [0.29, 0.717) is 17.2 Å². The zero-order chi connectivity index (χ0) is 23.7.